The smallest absolute Gasteiger partial charge is 0.220 e. The van der Waals surface area contributed by atoms with Gasteiger partial charge in [0.15, 0.2) is 0 Å². The minimum absolute atomic E-state index is 0.0174. The molecule has 0 saturated heterocycles. The molecule has 1 atom stereocenters. The first-order valence-electron chi connectivity index (χ1n) is 7.61. The molecule has 0 rings (SSSR count). The second kappa shape index (κ2) is 12.9. The Morgan fingerprint density at radius 2 is 1.50 bits per heavy atom. The Kier molecular flexibility index (Phi) is 12.5. The van der Waals surface area contributed by atoms with Crippen molar-refractivity contribution in [2.24, 2.45) is 0 Å². The van der Waals surface area contributed by atoms with E-state index in [1.807, 2.05) is 6.92 Å². The van der Waals surface area contributed by atoms with Gasteiger partial charge >= 0.3 is 0 Å². The van der Waals surface area contributed by atoms with Crippen LogP contribution in [0.15, 0.2) is 0 Å². The summed E-state index contributed by atoms with van der Waals surface area (Å²) in [5.41, 5.74) is 0. The molecule has 1 amide bonds. The zero-order chi connectivity index (χ0) is 13.6. The average Bonchev–Trinajstić information content (AvgIpc) is 2.36. The van der Waals surface area contributed by atoms with Crippen LogP contribution in [0.1, 0.15) is 78.1 Å². The number of aliphatic hydroxyl groups is 1. The van der Waals surface area contributed by atoms with E-state index in [1.165, 1.54) is 44.9 Å². The van der Waals surface area contributed by atoms with Gasteiger partial charge in [0.1, 0.15) is 0 Å². The molecule has 3 nitrogen and oxygen atoms in total. The molecule has 0 bridgehead atoms. The van der Waals surface area contributed by atoms with Gasteiger partial charge in [-0.15, -0.1) is 0 Å². The van der Waals surface area contributed by atoms with Crippen molar-refractivity contribution in [1.82, 2.24) is 5.32 Å². The van der Waals surface area contributed by atoms with Gasteiger partial charge in [0.25, 0.3) is 0 Å². The Morgan fingerprint density at radius 1 is 1.00 bits per heavy atom. The number of amides is 1. The Bertz CT molecular complexity index is 195. The summed E-state index contributed by atoms with van der Waals surface area (Å²) in [5, 5.41) is 11.6. The van der Waals surface area contributed by atoms with Crippen LogP contribution >= 0.6 is 0 Å². The molecule has 108 valence electrons. The van der Waals surface area contributed by atoms with Gasteiger partial charge in [-0.3, -0.25) is 4.79 Å². The summed E-state index contributed by atoms with van der Waals surface area (Å²) in [6.07, 6.45) is 12.0. The summed E-state index contributed by atoms with van der Waals surface area (Å²) in [6.45, 7) is 4.07. The highest BCUT2D eigenvalue weighted by Gasteiger charge is 2.05. The van der Waals surface area contributed by atoms with E-state index in [4.69, 9.17) is 5.11 Å². The maximum atomic E-state index is 11.4. The maximum absolute atomic E-state index is 11.4. The number of unbranched alkanes of at least 4 members (excludes halogenated alkanes) is 8. The first-order chi connectivity index (χ1) is 8.70. The van der Waals surface area contributed by atoms with Crippen molar-refractivity contribution in [1.29, 1.82) is 0 Å². The van der Waals surface area contributed by atoms with Crippen LogP contribution in [-0.4, -0.2) is 23.7 Å². The van der Waals surface area contributed by atoms with E-state index in [1.54, 1.807) is 0 Å². The van der Waals surface area contributed by atoms with Crippen molar-refractivity contribution >= 4 is 5.91 Å². The number of carbonyl (C=O) groups is 1. The van der Waals surface area contributed by atoms with Crippen LogP contribution in [0.3, 0.4) is 0 Å². The summed E-state index contributed by atoms with van der Waals surface area (Å²) in [6, 6.07) is -0.115. The quantitative estimate of drug-likeness (QED) is 0.526. The third-order valence-corrected chi connectivity index (χ3v) is 3.19. The van der Waals surface area contributed by atoms with Crippen molar-refractivity contribution in [3.63, 3.8) is 0 Å². The fraction of sp³-hybridized carbons (Fsp3) is 0.933. The van der Waals surface area contributed by atoms with Gasteiger partial charge in [-0.2, -0.15) is 0 Å². The monoisotopic (exact) mass is 257 g/mol. The molecule has 0 radical (unpaired) electrons. The molecule has 0 aromatic heterocycles. The molecular weight excluding hydrogens is 226 g/mol. The zero-order valence-corrected chi connectivity index (χ0v) is 12.2. The number of carbonyl (C=O) groups excluding carboxylic acids is 1. The highest BCUT2D eigenvalue weighted by Crippen LogP contribution is 2.10. The predicted octanol–water partition coefficient (Wildman–Crippen LogP) is 3.40. The summed E-state index contributed by atoms with van der Waals surface area (Å²) in [5.74, 6) is 0.0690. The molecule has 0 spiro atoms. The second-order valence-corrected chi connectivity index (χ2v) is 5.23. The van der Waals surface area contributed by atoms with Crippen LogP contribution < -0.4 is 5.32 Å². The summed E-state index contributed by atoms with van der Waals surface area (Å²) < 4.78 is 0. The second-order valence-electron chi connectivity index (χ2n) is 5.23. The van der Waals surface area contributed by atoms with E-state index in [2.05, 4.69) is 12.2 Å². The van der Waals surface area contributed by atoms with E-state index >= 15 is 0 Å². The zero-order valence-electron chi connectivity index (χ0n) is 12.2. The van der Waals surface area contributed by atoms with Gasteiger partial charge in [-0.25, -0.2) is 0 Å². The molecule has 0 fully saturated rings. The van der Waals surface area contributed by atoms with Crippen LogP contribution in [0.5, 0.6) is 0 Å². The molecule has 0 aromatic carbocycles. The minimum Gasteiger partial charge on any atom is -0.394 e. The molecule has 0 heterocycles. The van der Waals surface area contributed by atoms with Gasteiger partial charge in [0.05, 0.1) is 6.61 Å². The van der Waals surface area contributed by atoms with Crippen LogP contribution in [0.4, 0.5) is 0 Å². The Balaban J connectivity index is 3.17. The number of hydrogen-bond donors (Lipinski definition) is 2. The standard InChI is InChI=1S/C15H31NO2/c1-3-4-5-6-7-8-9-10-11-12-15(18)16-14(2)13-17/h14,17H,3-13H2,1-2H3,(H,16,18)/t14-/m0/s1. The van der Waals surface area contributed by atoms with Gasteiger partial charge in [0, 0.05) is 12.5 Å². The lowest BCUT2D eigenvalue weighted by atomic mass is 10.1. The third-order valence-electron chi connectivity index (χ3n) is 3.19. The Morgan fingerprint density at radius 3 is 2.00 bits per heavy atom. The van der Waals surface area contributed by atoms with E-state index in [9.17, 15) is 4.79 Å². The fourth-order valence-electron chi connectivity index (χ4n) is 1.99. The van der Waals surface area contributed by atoms with E-state index in [-0.39, 0.29) is 18.6 Å². The molecule has 0 aliphatic heterocycles. The largest absolute Gasteiger partial charge is 0.394 e. The van der Waals surface area contributed by atoms with E-state index in [0.29, 0.717) is 6.42 Å². The number of nitrogens with one attached hydrogen (secondary N) is 1. The van der Waals surface area contributed by atoms with Crippen LogP contribution in [0.25, 0.3) is 0 Å². The number of aliphatic hydroxyl groups excluding tert-OH is 1. The fourth-order valence-corrected chi connectivity index (χ4v) is 1.99. The average molecular weight is 257 g/mol. The van der Waals surface area contributed by atoms with Crippen LogP contribution in [-0.2, 0) is 4.79 Å². The summed E-state index contributed by atoms with van der Waals surface area (Å²) >= 11 is 0. The summed E-state index contributed by atoms with van der Waals surface area (Å²) in [4.78, 5) is 11.4. The molecule has 3 heteroatoms. The van der Waals surface area contributed by atoms with Gasteiger partial charge < -0.3 is 10.4 Å². The number of rotatable bonds is 12. The summed E-state index contributed by atoms with van der Waals surface area (Å²) in [7, 11) is 0. The Hall–Kier alpha value is -0.570. The SMILES string of the molecule is CCCCCCCCCCCC(=O)N[C@@H](C)CO. The normalized spacial score (nSPS) is 12.4. The molecule has 18 heavy (non-hydrogen) atoms. The lowest BCUT2D eigenvalue weighted by molar-refractivity contribution is -0.122. The molecule has 0 aromatic rings. The highest BCUT2D eigenvalue weighted by molar-refractivity contribution is 5.76. The van der Waals surface area contributed by atoms with Crippen LogP contribution in [0, 0.1) is 0 Å². The molecule has 0 saturated carbocycles. The first-order valence-corrected chi connectivity index (χ1v) is 7.61. The van der Waals surface area contributed by atoms with E-state index in [0.717, 1.165) is 12.8 Å². The van der Waals surface area contributed by atoms with Crippen molar-refractivity contribution in [3.05, 3.63) is 0 Å². The van der Waals surface area contributed by atoms with Crippen molar-refractivity contribution in [2.75, 3.05) is 6.61 Å². The first kappa shape index (κ1) is 17.4. The van der Waals surface area contributed by atoms with Crippen LogP contribution in [0.2, 0.25) is 0 Å². The lowest BCUT2D eigenvalue weighted by Gasteiger charge is -2.10. The number of hydrogen-bond acceptors (Lipinski definition) is 2. The topological polar surface area (TPSA) is 49.3 Å². The molecular formula is C15H31NO2. The third kappa shape index (κ3) is 11.9. The van der Waals surface area contributed by atoms with Gasteiger partial charge in [-0.1, -0.05) is 58.3 Å². The highest BCUT2D eigenvalue weighted by atomic mass is 16.3. The molecule has 2 N–H and O–H groups in total. The molecule has 0 aliphatic carbocycles. The van der Waals surface area contributed by atoms with Crippen molar-refractivity contribution < 1.29 is 9.90 Å². The van der Waals surface area contributed by atoms with Crippen molar-refractivity contribution in [3.8, 4) is 0 Å². The van der Waals surface area contributed by atoms with Gasteiger partial charge in [0.2, 0.25) is 5.91 Å². The van der Waals surface area contributed by atoms with Crippen molar-refractivity contribution in [2.45, 2.75) is 84.1 Å². The predicted molar refractivity (Wildman–Crippen MR) is 76.5 cm³/mol. The maximum Gasteiger partial charge on any atom is 0.220 e. The minimum atomic E-state index is -0.115. The Labute approximate surface area is 112 Å². The molecule has 0 unspecified atom stereocenters. The lowest BCUT2D eigenvalue weighted by Crippen LogP contribution is -2.34. The van der Waals surface area contributed by atoms with E-state index < -0.39 is 0 Å². The van der Waals surface area contributed by atoms with Gasteiger partial charge in [-0.05, 0) is 13.3 Å². The molecule has 0 aliphatic rings.